The Morgan fingerprint density at radius 3 is 3.00 bits per heavy atom. The molecule has 0 spiro atoms. The van der Waals surface area contributed by atoms with Crippen molar-refractivity contribution in [2.75, 3.05) is 19.8 Å². The molecule has 1 N–H and O–H groups in total. The van der Waals surface area contributed by atoms with Gasteiger partial charge < -0.3 is 14.6 Å². The fourth-order valence-corrected chi connectivity index (χ4v) is 1.28. The van der Waals surface area contributed by atoms with E-state index in [0.29, 0.717) is 12.2 Å². The van der Waals surface area contributed by atoms with E-state index in [1.54, 1.807) is 0 Å². The van der Waals surface area contributed by atoms with E-state index in [-0.39, 0.29) is 19.1 Å². The summed E-state index contributed by atoms with van der Waals surface area (Å²) < 4.78 is 10.3. The van der Waals surface area contributed by atoms with Crippen molar-refractivity contribution in [1.82, 2.24) is 0 Å². The zero-order chi connectivity index (χ0) is 10.4. The fraction of sp³-hybridized carbons (Fsp3) is 0.700. The van der Waals surface area contributed by atoms with Gasteiger partial charge in [0.25, 0.3) is 0 Å². The van der Waals surface area contributed by atoms with E-state index in [9.17, 15) is 4.79 Å². The van der Waals surface area contributed by atoms with Gasteiger partial charge in [-0.15, -0.1) is 0 Å². The van der Waals surface area contributed by atoms with E-state index in [1.165, 1.54) is 0 Å². The molecule has 1 aliphatic rings. The van der Waals surface area contributed by atoms with Crippen LogP contribution in [0.2, 0.25) is 0 Å². The van der Waals surface area contributed by atoms with Crippen LogP contribution < -0.4 is 0 Å². The van der Waals surface area contributed by atoms with Crippen LogP contribution in [-0.4, -0.2) is 37.0 Å². The third-order valence-electron chi connectivity index (χ3n) is 2.13. The molecule has 1 saturated heterocycles. The van der Waals surface area contributed by atoms with Crippen molar-refractivity contribution in [3.63, 3.8) is 0 Å². The van der Waals surface area contributed by atoms with Gasteiger partial charge in [0.15, 0.2) is 0 Å². The molecule has 0 aliphatic carbocycles. The summed E-state index contributed by atoms with van der Waals surface area (Å²) in [6.45, 7) is 4.48. The highest BCUT2D eigenvalue weighted by Gasteiger charge is 2.18. The van der Waals surface area contributed by atoms with Crippen LogP contribution in [0.3, 0.4) is 0 Å². The lowest BCUT2D eigenvalue weighted by Crippen LogP contribution is -2.18. The summed E-state index contributed by atoms with van der Waals surface area (Å²) in [5.41, 5.74) is 0.311. The van der Waals surface area contributed by atoms with Gasteiger partial charge in [0, 0.05) is 25.2 Å². The predicted octanol–water partition coefficient (Wildman–Crippen LogP) is 0.647. The molecule has 0 aromatic carbocycles. The van der Waals surface area contributed by atoms with Crippen molar-refractivity contribution < 1.29 is 19.4 Å². The Kier molecular flexibility index (Phi) is 4.62. The molecule has 0 amide bonds. The monoisotopic (exact) mass is 200 g/mol. The number of esters is 1. The van der Waals surface area contributed by atoms with Gasteiger partial charge >= 0.3 is 5.97 Å². The molecule has 4 nitrogen and oxygen atoms in total. The Bertz CT molecular complexity index is 206. The average Bonchev–Trinajstić information content (AvgIpc) is 2.67. The lowest BCUT2D eigenvalue weighted by Gasteiger charge is -2.10. The van der Waals surface area contributed by atoms with Crippen LogP contribution in [-0.2, 0) is 14.3 Å². The largest absolute Gasteiger partial charge is 0.460 e. The fourth-order valence-electron chi connectivity index (χ4n) is 1.28. The minimum atomic E-state index is -0.436. The zero-order valence-electron chi connectivity index (χ0n) is 8.20. The van der Waals surface area contributed by atoms with Crippen molar-refractivity contribution in [3.8, 4) is 0 Å². The summed E-state index contributed by atoms with van der Waals surface area (Å²) in [5.74, 6) is -0.436. The van der Waals surface area contributed by atoms with Crippen LogP contribution in [0.1, 0.15) is 19.3 Å². The maximum absolute atomic E-state index is 11.2. The molecule has 1 unspecified atom stereocenters. The van der Waals surface area contributed by atoms with Crippen LogP contribution in [0.25, 0.3) is 0 Å². The van der Waals surface area contributed by atoms with E-state index in [2.05, 4.69) is 6.58 Å². The highest BCUT2D eigenvalue weighted by atomic mass is 16.6. The summed E-state index contributed by atoms with van der Waals surface area (Å²) in [4.78, 5) is 11.2. The van der Waals surface area contributed by atoms with Crippen molar-refractivity contribution in [3.05, 3.63) is 12.2 Å². The van der Waals surface area contributed by atoms with Crippen molar-refractivity contribution in [2.24, 2.45) is 0 Å². The second kappa shape index (κ2) is 5.78. The van der Waals surface area contributed by atoms with Crippen LogP contribution in [0.4, 0.5) is 0 Å². The van der Waals surface area contributed by atoms with Crippen LogP contribution in [0.5, 0.6) is 0 Å². The molecule has 0 bridgehead atoms. The number of hydrogen-bond donors (Lipinski definition) is 1. The van der Waals surface area contributed by atoms with E-state index in [0.717, 1.165) is 19.4 Å². The zero-order valence-corrected chi connectivity index (χ0v) is 8.20. The molecule has 0 saturated carbocycles. The Hall–Kier alpha value is -0.870. The maximum atomic E-state index is 11.2. The molecule has 1 heterocycles. The first-order chi connectivity index (χ1) is 6.74. The Morgan fingerprint density at radius 2 is 2.43 bits per heavy atom. The number of ether oxygens (including phenoxy) is 2. The molecule has 1 atom stereocenters. The lowest BCUT2D eigenvalue weighted by molar-refractivity contribution is -0.142. The third-order valence-corrected chi connectivity index (χ3v) is 2.13. The van der Waals surface area contributed by atoms with Gasteiger partial charge in [0.2, 0.25) is 0 Å². The molecule has 0 aromatic rings. The Labute approximate surface area is 83.5 Å². The number of rotatable bonds is 5. The van der Waals surface area contributed by atoms with Crippen molar-refractivity contribution in [1.29, 1.82) is 0 Å². The summed E-state index contributed by atoms with van der Waals surface area (Å²) in [5, 5.41) is 8.57. The average molecular weight is 200 g/mol. The van der Waals surface area contributed by atoms with Gasteiger partial charge in [-0.3, -0.25) is 0 Å². The van der Waals surface area contributed by atoms with E-state index in [1.807, 2.05) is 0 Å². The molecule has 1 rings (SSSR count). The van der Waals surface area contributed by atoms with E-state index < -0.39 is 5.97 Å². The molecule has 4 heteroatoms. The minimum Gasteiger partial charge on any atom is -0.460 e. The van der Waals surface area contributed by atoms with Gasteiger partial charge in [-0.2, -0.15) is 0 Å². The maximum Gasteiger partial charge on any atom is 0.333 e. The standard InChI is InChI=1S/C10H16O4/c1-8(4-5-11)10(12)14-7-9-3-2-6-13-9/h9,11H,1-7H2. The number of aliphatic hydroxyl groups is 1. The second-order valence-corrected chi connectivity index (χ2v) is 3.31. The smallest absolute Gasteiger partial charge is 0.333 e. The van der Waals surface area contributed by atoms with Crippen molar-refractivity contribution in [2.45, 2.75) is 25.4 Å². The topological polar surface area (TPSA) is 55.8 Å². The van der Waals surface area contributed by atoms with Gasteiger partial charge in [-0.25, -0.2) is 4.79 Å². The highest BCUT2D eigenvalue weighted by Crippen LogP contribution is 2.12. The number of carbonyl (C=O) groups is 1. The van der Waals surface area contributed by atoms with E-state index in [4.69, 9.17) is 14.6 Å². The molecular formula is C10H16O4. The summed E-state index contributed by atoms with van der Waals surface area (Å²) >= 11 is 0. The summed E-state index contributed by atoms with van der Waals surface area (Å²) in [6.07, 6.45) is 2.28. The highest BCUT2D eigenvalue weighted by molar-refractivity contribution is 5.87. The minimum absolute atomic E-state index is 0.0425. The first-order valence-electron chi connectivity index (χ1n) is 4.81. The second-order valence-electron chi connectivity index (χ2n) is 3.31. The van der Waals surface area contributed by atoms with Crippen molar-refractivity contribution >= 4 is 5.97 Å². The number of aliphatic hydroxyl groups excluding tert-OH is 1. The van der Waals surface area contributed by atoms with Crippen LogP contribution >= 0.6 is 0 Å². The van der Waals surface area contributed by atoms with E-state index >= 15 is 0 Å². The molecule has 0 radical (unpaired) electrons. The Morgan fingerprint density at radius 1 is 1.64 bits per heavy atom. The molecule has 1 fully saturated rings. The molecular weight excluding hydrogens is 184 g/mol. The molecule has 80 valence electrons. The van der Waals surface area contributed by atoms with Gasteiger partial charge in [0.05, 0.1) is 6.10 Å². The lowest BCUT2D eigenvalue weighted by atomic mass is 10.2. The third kappa shape index (κ3) is 3.47. The van der Waals surface area contributed by atoms with Gasteiger partial charge in [-0.05, 0) is 12.8 Å². The Balaban J connectivity index is 2.16. The number of carbonyl (C=O) groups excluding carboxylic acids is 1. The molecule has 0 aromatic heterocycles. The first kappa shape index (κ1) is 11.2. The normalized spacial score (nSPS) is 20.8. The molecule has 1 aliphatic heterocycles. The summed E-state index contributed by atoms with van der Waals surface area (Å²) in [7, 11) is 0. The predicted molar refractivity (Wildman–Crippen MR) is 50.8 cm³/mol. The molecule has 14 heavy (non-hydrogen) atoms. The SMILES string of the molecule is C=C(CCO)C(=O)OCC1CCCO1. The van der Waals surface area contributed by atoms with Crippen LogP contribution in [0, 0.1) is 0 Å². The van der Waals surface area contributed by atoms with Gasteiger partial charge in [-0.1, -0.05) is 6.58 Å². The summed E-state index contributed by atoms with van der Waals surface area (Å²) in [6, 6.07) is 0. The quantitative estimate of drug-likeness (QED) is 0.523. The van der Waals surface area contributed by atoms with Gasteiger partial charge in [0.1, 0.15) is 6.61 Å². The number of hydrogen-bond acceptors (Lipinski definition) is 4. The first-order valence-corrected chi connectivity index (χ1v) is 4.81. The van der Waals surface area contributed by atoms with Crippen LogP contribution in [0.15, 0.2) is 12.2 Å².